The maximum absolute atomic E-state index is 13.0. The van der Waals surface area contributed by atoms with Crippen LogP contribution in [-0.4, -0.2) is 69.3 Å². The van der Waals surface area contributed by atoms with Gasteiger partial charge < -0.3 is 40.9 Å². The number of fused-ring (bicyclic) bond motifs is 2. The molecule has 0 saturated heterocycles. The summed E-state index contributed by atoms with van der Waals surface area (Å²) in [4.78, 5) is 41.5. The first-order chi connectivity index (χ1) is 20.7. The SMILES string of the molecule is COCCn1c(C(C)c2nc3ccc(N=C(N)N)cc3[nH]2)nc2ccc(C(=O)NCCOc3ccccc3C(=O)O)cc21. The molecule has 0 bridgehead atoms. The highest BCUT2D eigenvalue weighted by Gasteiger charge is 2.22. The number of para-hydroxylation sites is 1. The fourth-order valence-corrected chi connectivity index (χ4v) is 4.79. The first kappa shape index (κ1) is 29.1. The largest absolute Gasteiger partial charge is 0.491 e. The third-order valence-corrected chi connectivity index (χ3v) is 6.86. The van der Waals surface area contributed by atoms with Crippen LogP contribution >= 0.6 is 0 Å². The number of ether oxygens (including phenoxy) is 2. The number of hydrogen-bond donors (Lipinski definition) is 5. The summed E-state index contributed by atoms with van der Waals surface area (Å²) in [5, 5.41) is 12.1. The zero-order valence-electron chi connectivity index (χ0n) is 23.7. The summed E-state index contributed by atoms with van der Waals surface area (Å²) in [6.07, 6.45) is 0. The van der Waals surface area contributed by atoms with Crippen molar-refractivity contribution in [2.45, 2.75) is 19.4 Å². The van der Waals surface area contributed by atoms with Crippen LogP contribution in [0.4, 0.5) is 5.69 Å². The van der Waals surface area contributed by atoms with Gasteiger partial charge in [-0.25, -0.2) is 19.8 Å². The molecular weight excluding hydrogens is 552 g/mol. The predicted octanol–water partition coefficient (Wildman–Crippen LogP) is 3.12. The zero-order valence-corrected chi connectivity index (χ0v) is 23.7. The van der Waals surface area contributed by atoms with E-state index < -0.39 is 5.97 Å². The summed E-state index contributed by atoms with van der Waals surface area (Å²) >= 11 is 0. The lowest BCUT2D eigenvalue weighted by atomic mass is 10.1. The van der Waals surface area contributed by atoms with E-state index in [4.69, 9.17) is 30.9 Å². The van der Waals surface area contributed by atoms with Gasteiger partial charge >= 0.3 is 5.97 Å². The fraction of sp³-hybridized carbons (Fsp3) is 0.233. The molecule has 0 saturated carbocycles. The summed E-state index contributed by atoms with van der Waals surface area (Å²) in [5.74, 6) is 0.109. The van der Waals surface area contributed by atoms with Crippen LogP contribution < -0.4 is 21.5 Å². The van der Waals surface area contributed by atoms with Crippen LogP contribution in [0.25, 0.3) is 22.1 Å². The van der Waals surface area contributed by atoms with Crippen molar-refractivity contribution in [3.8, 4) is 5.75 Å². The maximum Gasteiger partial charge on any atom is 0.339 e. The maximum atomic E-state index is 13.0. The van der Waals surface area contributed by atoms with Gasteiger partial charge in [0.25, 0.3) is 5.91 Å². The number of aromatic amines is 1. The molecule has 0 fully saturated rings. The van der Waals surface area contributed by atoms with Gasteiger partial charge in [-0.3, -0.25) is 4.79 Å². The number of amides is 1. The number of aromatic carboxylic acids is 1. The number of hydrogen-bond acceptors (Lipinski definition) is 7. The van der Waals surface area contributed by atoms with Gasteiger partial charge in [-0.1, -0.05) is 12.1 Å². The van der Waals surface area contributed by atoms with Crippen molar-refractivity contribution in [3.63, 3.8) is 0 Å². The van der Waals surface area contributed by atoms with Crippen LogP contribution in [0, 0.1) is 0 Å². The summed E-state index contributed by atoms with van der Waals surface area (Å²) < 4.78 is 13.0. The number of rotatable bonds is 12. The van der Waals surface area contributed by atoms with Crippen LogP contribution in [0.15, 0.2) is 65.7 Å². The number of H-pyrrole nitrogens is 1. The number of imidazole rings is 2. The van der Waals surface area contributed by atoms with E-state index >= 15 is 0 Å². The third kappa shape index (κ3) is 6.41. The molecule has 1 amide bonds. The minimum absolute atomic E-state index is 0.0257. The topological polar surface area (TPSA) is 196 Å². The Kier molecular flexibility index (Phi) is 8.53. The van der Waals surface area contributed by atoms with Gasteiger partial charge in [0.1, 0.15) is 29.6 Å². The molecule has 5 rings (SSSR count). The van der Waals surface area contributed by atoms with Crippen molar-refractivity contribution in [2.75, 3.05) is 26.9 Å². The van der Waals surface area contributed by atoms with Gasteiger partial charge in [-0.15, -0.1) is 0 Å². The van der Waals surface area contributed by atoms with Gasteiger partial charge in [-0.2, -0.15) is 0 Å². The van der Waals surface area contributed by atoms with Crippen LogP contribution in [0.5, 0.6) is 5.75 Å². The summed E-state index contributed by atoms with van der Waals surface area (Å²) in [5.41, 5.74) is 15.2. The highest BCUT2D eigenvalue weighted by Crippen LogP contribution is 2.29. The minimum Gasteiger partial charge on any atom is -0.491 e. The standard InChI is InChI=1S/C30H32N8O5/c1-17(26-35-21-10-8-19(34-30(31)32)16-23(21)36-26)27-37-22-9-7-18(15-24(22)38(27)12-14-42-2)28(39)33-11-13-43-25-6-4-3-5-20(25)29(40)41/h3-10,15-17H,11-14H2,1-2H3,(H,33,39)(H,35,36)(H,40,41)(H4,31,32,34). The highest BCUT2D eigenvalue weighted by molar-refractivity contribution is 5.97. The Balaban J connectivity index is 1.35. The predicted molar refractivity (Wildman–Crippen MR) is 162 cm³/mol. The monoisotopic (exact) mass is 584 g/mol. The smallest absolute Gasteiger partial charge is 0.339 e. The first-order valence-corrected chi connectivity index (χ1v) is 13.6. The number of aromatic nitrogens is 4. The van der Waals surface area contributed by atoms with E-state index in [2.05, 4.69) is 15.3 Å². The van der Waals surface area contributed by atoms with Crippen molar-refractivity contribution < 1.29 is 24.2 Å². The van der Waals surface area contributed by atoms with Crippen LogP contribution in [-0.2, 0) is 11.3 Å². The number of nitrogens with zero attached hydrogens (tertiary/aromatic N) is 4. The van der Waals surface area contributed by atoms with E-state index in [1.807, 2.05) is 29.7 Å². The van der Waals surface area contributed by atoms with Gasteiger partial charge in [-0.05, 0) is 55.5 Å². The molecule has 13 heteroatoms. The fourth-order valence-electron chi connectivity index (χ4n) is 4.79. The van der Waals surface area contributed by atoms with Crippen LogP contribution in [0.3, 0.4) is 0 Å². The average Bonchev–Trinajstić information content (AvgIpc) is 3.58. The molecule has 1 atom stereocenters. The van der Waals surface area contributed by atoms with Crippen molar-refractivity contribution >= 4 is 45.6 Å². The number of carboxylic acids is 1. The Morgan fingerprint density at radius 1 is 1.07 bits per heavy atom. The summed E-state index contributed by atoms with van der Waals surface area (Å²) in [6, 6.07) is 17.1. The number of benzene rings is 3. The lowest BCUT2D eigenvalue weighted by Gasteiger charge is -2.13. The molecule has 1 unspecified atom stereocenters. The molecule has 7 N–H and O–H groups in total. The molecule has 0 aliphatic heterocycles. The Bertz CT molecular complexity index is 1820. The number of aliphatic imine (C=N–C) groups is 1. The number of guanidine groups is 1. The molecule has 43 heavy (non-hydrogen) atoms. The average molecular weight is 585 g/mol. The number of methoxy groups -OCH3 is 1. The molecule has 2 heterocycles. The van der Waals surface area contributed by atoms with E-state index in [-0.39, 0.29) is 42.2 Å². The van der Waals surface area contributed by atoms with E-state index in [0.29, 0.717) is 30.2 Å². The molecule has 13 nitrogen and oxygen atoms in total. The van der Waals surface area contributed by atoms with E-state index in [1.54, 1.807) is 43.5 Å². The van der Waals surface area contributed by atoms with Gasteiger partial charge in [0.05, 0.1) is 46.8 Å². The lowest BCUT2D eigenvalue weighted by Crippen LogP contribution is -2.28. The molecular formula is C30H32N8O5. The highest BCUT2D eigenvalue weighted by atomic mass is 16.5. The molecule has 0 radical (unpaired) electrons. The second-order valence-electron chi connectivity index (χ2n) is 9.81. The lowest BCUT2D eigenvalue weighted by molar-refractivity contribution is 0.0691. The summed E-state index contributed by atoms with van der Waals surface area (Å²) in [7, 11) is 1.63. The Labute approximate surface area is 246 Å². The van der Waals surface area contributed by atoms with Crippen LogP contribution in [0.2, 0.25) is 0 Å². The second-order valence-corrected chi connectivity index (χ2v) is 9.81. The quantitative estimate of drug-likeness (QED) is 0.0831. The van der Waals surface area contributed by atoms with Crippen molar-refractivity contribution in [3.05, 3.63) is 83.4 Å². The Morgan fingerprint density at radius 2 is 1.86 bits per heavy atom. The van der Waals surface area contributed by atoms with E-state index in [0.717, 1.165) is 27.9 Å². The van der Waals surface area contributed by atoms with Crippen molar-refractivity contribution in [1.82, 2.24) is 24.8 Å². The van der Waals surface area contributed by atoms with Crippen LogP contribution in [0.1, 0.15) is 45.2 Å². The number of carboxylic acid groups (broad SMARTS) is 1. The van der Waals surface area contributed by atoms with Crippen molar-refractivity contribution in [1.29, 1.82) is 0 Å². The molecule has 2 aromatic heterocycles. The minimum atomic E-state index is -1.08. The molecule has 5 aromatic rings. The number of carbonyl (C=O) groups is 2. The second kappa shape index (κ2) is 12.6. The van der Waals surface area contributed by atoms with Gasteiger partial charge in [0.15, 0.2) is 5.96 Å². The van der Waals surface area contributed by atoms with E-state index in [9.17, 15) is 14.7 Å². The normalized spacial score (nSPS) is 11.9. The molecule has 3 aromatic carbocycles. The summed E-state index contributed by atoms with van der Waals surface area (Å²) in [6.45, 7) is 3.27. The Hall–Kier alpha value is -5.43. The van der Waals surface area contributed by atoms with E-state index in [1.165, 1.54) is 6.07 Å². The van der Waals surface area contributed by atoms with Crippen molar-refractivity contribution in [2.24, 2.45) is 16.5 Å². The molecule has 0 aliphatic carbocycles. The van der Waals surface area contributed by atoms with Gasteiger partial charge in [0.2, 0.25) is 0 Å². The first-order valence-electron chi connectivity index (χ1n) is 13.6. The molecule has 0 spiro atoms. The number of nitrogens with one attached hydrogen (secondary N) is 2. The zero-order chi connectivity index (χ0) is 30.5. The number of nitrogens with two attached hydrogens (primary N) is 2. The number of carbonyl (C=O) groups excluding carboxylic acids is 1. The molecule has 0 aliphatic rings. The Morgan fingerprint density at radius 3 is 2.63 bits per heavy atom. The van der Waals surface area contributed by atoms with Gasteiger partial charge in [0, 0.05) is 19.2 Å². The molecule has 222 valence electrons. The third-order valence-electron chi connectivity index (χ3n) is 6.86.